The van der Waals surface area contributed by atoms with E-state index in [0.717, 1.165) is 19.4 Å². The summed E-state index contributed by atoms with van der Waals surface area (Å²) in [6.45, 7) is 4.90. The van der Waals surface area contributed by atoms with Gasteiger partial charge >= 0.3 is 0 Å². The minimum absolute atomic E-state index is 0.0746. The number of aliphatic imine (C=N–C) groups is 1. The molecule has 0 bridgehead atoms. The Morgan fingerprint density at radius 3 is 2.58 bits per heavy atom. The van der Waals surface area contributed by atoms with Crippen LogP contribution in [0.1, 0.15) is 51.9 Å². The highest BCUT2D eigenvalue weighted by Crippen LogP contribution is 2.03. The molecule has 0 aromatic heterocycles. The molecule has 0 unspecified atom stereocenters. The smallest absolute Gasteiger partial charge is 0.188 e. The van der Waals surface area contributed by atoms with E-state index in [2.05, 4.69) is 17.2 Å². The normalized spacial score (nSPS) is 11.8. The number of aliphatic hydroxyl groups is 1. The van der Waals surface area contributed by atoms with Crippen molar-refractivity contribution in [1.82, 2.24) is 5.32 Å². The van der Waals surface area contributed by atoms with Crippen molar-refractivity contribution < 1.29 is 9.84 Å². The van der Waals surface area contributed by atoms with Crippen LogP contribution in [0.5, 0.6) is 0 Å². The Morgan fingerprint density at radius 2 is 1.84 bits per heavy atom. The minimum Gasteiger partial charge on any atom is -0.394 e. The number of hydrogen-bond acceptors (Lipinski definition) is 3. The fourth-order valence-corrected chi connectivity index (χ4v) is 1.71. The third kappa shape index (κ3) is 15.1. The second-order valence-corrected chi connectivity index (χ2v) is 4.65. The van der Waals surface area contributed by atoms with Gasteiger partial charge in [0, 0.05) is 19.7 Å². The topological polar surface area (TPSA) is 79.9 Å². The Hall–Kier alpha value is -0.810. The first-order chi connectivity index (χ1) is 9.31. The van der Waals surface area contributed by atoms with Gasteiger partial charge < -0.3 is 20.9 Å². The molecule has 0 rings (SSSR count). The molecule has 0 spiro atoms. The maximum absolute atomic E-state index is 8.52. The molecule has 0 aliphatic rings. The van der Waals surface area contributed by atoms with Gasteiger partial charge in [-0.25, -0.2) is 0 Å². The van der Waals surface area contributed by atoms with E-state index in [1.165, 1.54) is 32.1 Å². The van der Waals surface area contributed by atoms with Crippen LogP contribution in [0.15, 0.2) is 4.99 Å². The highest BCUT2D eigenvalue weighted by atomic mass is 16.5. The highest BCUT2D eigenvalue weighted by Gasteiger charge is 1.93. The minimum atomic E-state index is 0.0746. The van der Waals surface area contributed by atoms with Gasteiger partial charge in [0.15, 0.2) is 5.96 Å². The molecule has 0 heterocycles. The van der Waals surface area contributed by atoms with Gasteiger partial charge in [0.2, 0.25) is 0 Å². The molecular formula is C14H31N3O2. The van der Waals surface area contributed by atoms with Crippen LogP contribution in [0.2, 0.25) is 0 Å². The third-order valence-corrected chi connectivity index (χ3v) is 2.80. The van der Waals surface area contributed by atoms with Crippen molar-refractivity contribution >= 4 is 5.96 Å². The van der Waals surface area contributed by atoms with Crippen LogP contribution in [0.4, 0.5) is 0 Å². The first-order valence-corrected chi connectivity index (χ1v) is 7.53. The van der Waals surface area contributed by atoms with E-state index in [0.29, 0.717) is 25.7 Å². The summed E-state index contributed by atoms with van der Waals surface area (Å²) in [5.74, 6) is 0.524. The number of nitrogens with two attached hydrogens (primary N) is 1. The molecule has 0 aliphatic heterocycles. The molecule has 0 saturated heterocycles. The maximum Gasteiger partial charge on any atom is 0.188 e. The Labute approximate surface area is 117 Å². The van der Waals surface area contributed by atoms with E-state index in [1.54, 1.807) is 0 Å². The number of guanidine groups is 1. The van der Waals surface area contributed by atoms with Gasteiger partial charge in [0.1, 0.15) is 0 Å². The van der Waals surface area contributed by atoms with E-state index in [1.807, 2.05) is 0 Å². The maximum atomic E-state index is 8.52. The molecule has 5 nitrogen and oxygen atoms in total. The standard InChI is InChI=1S/C14H31N3O2/c1-2-3-4-5-6-7-9-16-14(15)17-10-8-12-19-13-11-18/h18H,2-13H2,1H3,(H3,15,16,17). The predicted octanol–water partition coefficient (Wildman–Crippen LogP) is 1.65. The Kier molecular flexibility index (Phi) is 14.6. The number of aliphatic hydroxyl groups excluding tert-OH is 1. The summed E-state index contributed by atoms with van der Waals surface area (Å²) in [4.78, 5) is 4.21. The van der Waals surface area contributed by atoms with Crippen LogP contribution in [0, 0.1) is 0 Å². The quantitative estimate of drug-likeness (QED) is 0.271. The van der Waals surface area contributed by atoms with E-state index < -0.39 is 0 Å². The van der Waals surface area contributed by atoms with Gasteiger partial charge in [-0.05, 0) is 12.8 Å². The molecule has 0 fully saturated rings. The Balaban J connectivity index is 3.25. The number of hydrogen-bond donors (Lipinski definition) is 3. The number of ether oxygens (including phenoxy) is 1. The van der Waals surface area contributed by atoms with Crippen molar-refractivity contribution in [3.8, 4) is 0 Å². The summed E-state index contributed by atoms with van der Waals surface area (Å²) in [5, 5.41) is 11.6. The van der Waals surface area contributed by atoms with Crippen molar-refractivity contribution in [3.05, 3.63) is 0 Å². The first kappa shape index (κ1) is 18.2. The number of rotatable bonds is 13. The summed E-state index contributed by atoms with van der Waals surface area (Å²) in [7, 11) is 0. The van der Waals surface area contributed by atoms with Gasteiger partial charge in [-0.1, -0.05) is 39.0 Å². The number of nitrogens with zero attached hydrogens (tertiary/aromatic N) is 1. The summed E-state index contributed by atoms with van der Waals surface area (Å²) >= 11 is 0. The molecule has 0 aromatic rings. The van der Waals surface area contributed by atoms with Crippen LogP contribution in [-0.4, -0.2) is 44.0 Å². The van der Waals surface area contributed by atoms with Gasteiger partial charge in [-0.2, -0.15) is 0 Å². The highest BCUT2D eigenvalue weighted by molar-refractivity contribution is 5.77. The van der Waals surface area contributed by atoms with Crippen molar-refractivity contribution in [1.29, 1.82) is 0 Å². The van der Waals surface area contributed by atoms with Gasteiger partial charge in [0.05, 0.1) is 13.2 Å². The summed E-state index contributed by atoms with van der Waals surface area (Å²) in [6.07, 6.45) is 8.53. The zero-order chi connectivity index (χ0) is 14.2. The fraction of sp³-hybridized carbons (Fsp3) is 0.929. The monoisotopic (exact) mass is 273 g/mol. The predicted molar refractivity (Wildman–Crippen MR) is 80.4 cm³/mol. The van der Waals surface area contributed by atoms with E-state index in [-0.39, 0.29) is 6.61 Å². The van der Waals surface area contributed by atoms with Crippen LogP contribution in [-0.2, 0) is 4.74 Å². The largest absolute Gasteiger partial charge is 0.394 e. The molecule has 0 aromatic carbocycles. The molecule has 0 aliphatic carbocycles. The van der Waals surface area contributed by atoms with E-state index >= 15 is 0 Å². The van der Waals surface area contributed by atoms with Gasteiger partial charge in [-0.15, -0.1) is 0 Å². The van der Waals surface area contributed by atoms with E-state index in [4.69, 9.17) is 15.6 Å². The molecule has 0 atom stereocenters. The van der Waals surface area contributed by atoms with Gasteiger partial charge in [0.25, 0.3) is 0 Å². The first-order valence-electron chi connectivity index (χ1n) is 7.53. The second kappa shape index (κ2) is 15.2. The summed E-state index contributed by atoms with van der Waals surface area (Å²) in [5.41, 5.74) is 5.74. The lowest BCUT2D eigenvalue weighted by molar-refractivity contribution is 0.0918. The SMILES string of the molecule is CCCCCCCCNC(N)=NCCCOCCO. The average Bonchev–Trinajstić information content (AvgIpc) is 2.41. The molecule has 0 saturated carbocycles. The van der Waals surface area contributed by atoms with Crippen molar-refractivity contribution in [2.75, 3.05) is 32.9 Å². The molecule has 0 amide bonds. The fourth-order valence-electron chi connectivity index (χ4n) is 1.71. The van der Waals surface area contributed by atoms with E-state index in [9.17, 15) is 0 Å². The summed E-state index contributed by atoms with van der Waals surface area (Å²) < 4.78 is 5.13. The number of nitrogens with one attached hydrogen (secondary N) is 1. The molecular weight excluding hydrogens is 242 g/mol. The van der Waals surface area contributed by atoms with Crippen LogP contribution >= 0.6 is 0 Å². The molecule has 0 radical (unpaired) electrons. The number of unbranched alkanes of at least 4 members (excludes halogenated alkanes) is 5. The zero-order valence-electron chi connectivity index (χ0n) is 12.4. The van der Waals surface area contributed by atoms with Crippen LogP contribution < -0.4 is 11.1 Å². The van der Waals surface area contributed by atoms with Crippen molar-refractivity contribution in [3.63, 3.8) is 0 Å². The van der Waals surface area contributed by atoms with Gasteiger partial charge in [-0.3, -0.25) is 4.99 Å². The molecule has 114 valence electrons. The Morgan fingerprint density at radius 1 is 1.11 bits per heavy atom. The lowest BCUT2D eigenvalue weighted by Gasteiger charge is -2.05. The molecule has 19 heavy (non-hydrogen) atoms. The molecule has 5 heteroatoms. The second-order valence-electron chi connectivity index (χ2n) is 4.65. The zero-order valence-corrected chi connectivity index (χ0v) is 12.4. The van der Waals surface area contributed by atoms with Crippen LogP contribution in [0.3, 0.4) is 0 Å². The average molecular weight is 273 g/mol. The third-order valence-electron chi connectivity index (χ3n) is 2.80. The van der Waals surface area contributed by atoms with Crippen molar-refractivity contribution in [2.24, 2.45) is 10.7 Å². The van der Waals surface area contributed by atoms with Crippen LogP contribution in [0.25, 0.3) is 0 Å². The molecule has 4 N–H and O–H groups in total. The lowest BCUT2D eigenvalue weighted by Crippen LogP contribution is -2.32. The van der Waals surface area contributed by atoms with Crippen molar-refractivity contribution in [2.45, 2.75) is 51.9 Å². The Bertz CT molecular complexity index is 211. The lowest BCUT2D eigenvalue weighted by atomic mass is 10.1. The summed E-state index contributed by atoms with van der Waals surface area (Å²) in [6, 6.07) is 0.